The minimum atomic E-state index is -4.33. The predicted molar refractivity (Wildman–Crippen MR) is 158 cm³/mol. The number of hydrogen-bond acceptors (Lipinski definition) is 12. The van der Waals surface area contributed by atoms with Gasteiger partial charge < -0.3 is 26.4 Å². The summed E-state index contributed by atoms with van der Waals surface area (Å²) in [7, 11) is -1.55. The number of nitrogens with one attached hydrogen (secondary N) is 2. The van der Waals surface area contributed by atoms with Gasteiger partial charge in [-0.25, -0.2) is 17.9 Å². The zero-order valence-electron chi connectivity index (χ0n) is 25.0. The number of likely N-dealkylation sites (N-methyl/N-ethyl adjacent to an activating group) is 1. The van der Waals surface area contributed by atoms with Gasteiger partial charge in [-0.2, -0.15) is 0 Å². The van der Waals surface area contributed by atoms with Crippen LogP contribution in [0.25, 0.3) is 0 Å². The second-order valence-electron chi connectivity index (χ2n) is 12.2. The second kappa shape index (κ2) is 11.1. The number of aromatic hydroxyl groups is 1. The molecule has 8 atom stereocenters. The Kier molecular flexibility index (Phi) is 7.92. The first-order chi connectivity index (χ1) is 21.4. The Morgan fingerprint density at radius 3 is 2.17 bits per heavy atom. The zero-order valence-corrected chi connectivity index (χ0v) is 25.9. The lowest BCUT2D eigenvalue weighted by molar-refractivity contribution is -0.196. The summed E-state index contributed by atoms with van der Waals surface area (Å²) < 4.78 is 27.1. The van der Waals surface area contributed by atoms with Crippen LogP contribution in [0.15, 0.2) is 41.3 Å². The molecule has 3 aliphatic carbocycles. The molecule has 15 nitrogen and oxygen atoms in total. The number of aliphatic hydroxyl groups is 2. The number of nitrogens with two attached hydrogens (primary N) is 1. The lowest BCUT2D eigenvalue weighted by Crippen LogP contribution is -2.77. The molecule has 2 saturated carbocycles. The molecule has 0 radical (unpaired) electrons. The van der Waals surface area contributed by atoms with Crippen LogP contribution in [0.2, 0.25) is 0 Å². The Balaban J connectivity index is 1.53. The van der Waals surface area contributed by atoms with Crippen LogP contribution in [0.4, 0.5) is 10.5 Å². The van der Waals surface area contributed by atoms with Crippen LogP contribution in [0, 0.1) is 30.6 Å². The summed E-state index contributed by atoms with van der Waals surface area (Å²) in [6.07, 6.45) is -1.80. The number of ketones is 4. The first-order valence-corrected chi connectivity index (χ1v) is 15.6. The van der Waals surface area contributed by atoms with E-state index in [9.17, 15) is 52.5 Å². The molecule has 0 saturated heterocycles. The summed E-state index contributed by atoms with van der Waals surface area (Å²) in [5, 5.41) is 36.7. The average molecular weight is 657 g/mol. The minimum absolute atomic E-state index is 0.143. The lowest BCUT2D eigenvalue weighted by Gasteiger charge is -2.56. The number of Topliss-reactive ketones (excluding diaryl/α,β-unsaturated/α-hetero) is 4. The van der Waals surface area contributed by atoms with Crippen molar-refractivity contribution in [3.63, 3.8) is 0 Å². The highest BCUT2D eigenvalue weighted by atomic mass is 32.2. The van der Waals surface area contributed by atoms with Crippen LogP contribution in [0.5, 0.6) is 5.75 Å². The van der Waals surface area contributed by atoms with Gasteiger partial charge in [-0.05, 0) is 50.7 Å². The van der Waals surface area contributed by atoms with Gasteiger partial charge in [0.2, 0.25) is 5.91 Å². The maximum atomic E-state index is 14.1. The van der Waals surface area contributed by atoms with Crippen molar-refractivity contribution in [1.82, 2.24) is 9.62 Å². The number of sulfonamides is 1. The van der Waals surface area contributed by atoms with Crippen molar-refractivity contribution >= 4 is 50.8 Å². The molecule has 16 heteroatoms. The Labute approximate surface area is 262 Å². The number of amides is 3. The number of phenolic OH excluding ortho intramolecular Hbond substituents is 1. The van der Waals surface area contributed by atoms with E-state index in [2.05, 4.69) is 5.32 Å². The topological polar surface area (TPSA) is 251 Å². The van der Waals surface area contributed by atoms with Gasteiger partial charge in [-0.15, -0.1) is 0 Å². The summed E-state index contributed by atoms with van der Waals surface area (Å²) in [5.74, 6) is -15.3. The SMILES string of the molecule is Cc1ccc(S(=O)(=O)NC(=O)Nc2ccc3c(c2O)C(=O)C2C(=O)[C@@]4(O)C(=O)C(C(N)=O)C(=O)[C@H](N(C)C)[C@H]4[C@H](O)[C@H]2[C@@H]3C)cc1. The van der Waals surface area contributed by atoms with Gasteiger partial charge in [-0.3, -0.25) is 28.9 Å². The standard InChI is InChI=1S/C30H32N4O11S/c1-11-5-7-13(8-6-11)46(44,45)33-29(42)32-15-10-9-14-12(2)16-18(23(36)17(14)22(15)35)26(39)30(43)20(24(16)37)21(34(3)4)25(38)19(27(30)40)28(31)41/h5-10,12,16,18-21,24,35,37,43H,1-4H3,(H2,31,41)(H2,32,33,42)/t12-,16+,18?,19?,20+,21-,24-,30-/m1/s1. The maximum absolute atomic E-state index is 14.1. The van der Waals surface area contributed by atoms with Gasteiger partial charge in [0.05, 0.1) is 40.1 Å². The number of carbonyl (C=O) groups excluding carboxylic acids is 6. The largest absolute Gasteiger partial charge is 0.505 e. The zero-order chi connectivity index (χ0) is 34.2. The molecule has 5 rings (SSSR count). The Morgan fingerprint density at radius 2 is 1.61 bits per heavy atom. The van der Waals surface area contributed by atoms with E-state index < -0.39 is 109 Å². The molecule has 0 aliphatic heterocycles. The third-order valence-electron chi connectivity index (χ3n) is 9.30. The number of fused-ring (bicyclic) bond motifs is 3. The fraction of sp³-hybridized carbons (Fsp3) is 0.400. The molecule has 3 amide bonds. The van der Waals surface area contributed by atoms with Crippen LogP contribution in [0.1, 0.15) is 34.3 Å². The third kappa shape index (κ3) is 4.71. The summed E-state index contributed by atoms with van der Waals surface area (Å²) in [6.45, 7) is 3.27. The van der Waals surface area contributed by atoms with E-state index in [-0.39, 0.29) is 10.5 Å². The van der Waals surface area contributed by atoms with E-state index >= 15 is 0 Å². The van der Waals surface area contributed by atoms with Gasteiger partial charge in [0.25, 0.3) is 10.0 Å². The number of hydrogen-bond donors (Lipinski definition) is 6. The molecule has 0 bridgehead atoms. The number of rotatable bonds is 5. The van der Waals surface area contributed by atoms with Crippen molar-refractivity contribution in [3.8, 4) is 5.75 Å². The van der Waals surface area contributed by atoms with Gasteiger partial charge in [0.15, 0.2) is 34.7 Å². The Morgan fingerprint density at radius 1 is 1.00 bits per heavy atom. The second-order valence-corrected chi connectivity index (χ2v) is 13.8. The highest BCUT2D eigenvalue weighted by molar-refractivity contribution is 7.90. The van der Waals surface area contributed by atoms with Crippen LogP contribution in [-0.4, -0.2) is 95.6 Å². The Bertz CT molecular complexity index is 1820. The van der Waals surface area contributed by atoms with E-state index in [0.717, 1.165) is 5.56 Å². The van der Waals surface area contributed by atoms with Gasteiger partial charge in [0, 0.05) is 5.92 Å². The predicted octanol–water partition coefficient (Wildman–Crippen LogP) is -0.782. The van der Waals surface area contributed by atoms with E-state index in [1.165, 1.54) is 62.3 Å². The summed E-state index contributed by atoms with van der Waals surface area (Å²) >= 11 is 0. The summed E-state index contributed by atoms with van der Waals surface area (Å²) in [6, 6.07) is 5.36. The Hall–Kier alpha value is -4.51. The number of benzene rings is 2. The number of phenols is 1. The van der Waals surface area contributed by atoms with Crippen molar-refractivity contribution in [3.05, 3.63) is 53.1 Å². The van der Waals surface area contributed by atoms with E-state index in [0.29, 0.717) is 0 Å². The van der Waals surface area contributed by atoms with Gasteiger partial charge in [-0.1, -0.05) is 30.7 Å². The monoisotopic (exact) mass is 656 g/mol. The van der Waals surface area contributed by atoms with Crippen molar-refractivity contribution in [2.24, 2.45) is 29.4 Å². The number of urea groups is 1. The first kappa shape index (κ1) is 32.9. The average Bonchev–Trinajstić information content (AvgIpc) is 2.95. The molecule has 2 unspecified atom stereocenters. The quantitative estimate of drug-likeness (QED) is 0.171. The van der Waals surface area contributed by atoms with Crippen LogP contribution in [0.3, 0.4) is 0 Å². The molecule has 7 N–H and O–H groups in total. The van der Waals surface area contributed by atoms with Crippen molar-refractivity contribution in [1.29, 1.82) is 0 Å². The van der Waals surface area contributed by atoms with Gasteiger partial charge in [0.1, 0.15) is 5.75 Å². The van der Waals surface area contributed by atoms with E-state index in [4.69, 9.17) is 5.73 Å². The number of carbonyl (C=O) groups is 6. The van der Waals surface area contributed by atoms with Crippen molar-refractivity contribution in [2.45, 2.75) is 42.4 Å². The van der Waals surface area contributed by atoms with Crippen molar-refractivity contribution in [2.75, 3.05) is 19.4 Å². The molecule has 0 spiro atoms. The number of primary amides is 1. The maximum Gasteiger partial charge on any atom is 0.333 e. The molecule has 244 valence electrons. The fourth-order valence-electron chi connectivity index (χ4n) is 7.14. The van der Waals surface area contributed by atoms with Crippen LogP contribution >= 0.6 is 0 Å². The molecular formula is C30H32N4O11S. The number of nitrogens with zero attached hydrogens (tertiary/aromatic N) is 1. The first-order valence-electron chi connectivity index (χ1n) is 14.1. The van der Waals surface area contributed by atoms with E-state index in [1.54, 1.807) is 11.6 Å². The number of aliphatic hydroxyl groups excluding tert-OH is 1. The normalized spacial score (nSPS) is 30.7. The molecule has 2 aromatic rings. The molecular weight excluding hydrogens is 624 g/mol. The summed E-state index contributed by atoms with van der Waals surface area (Å²) in [5.41, 5.74) is 2.19. The number of aryl methyl sites for hydroxylation is 1. The molecule has 46 heavy (non-hydrogen) atoms. The summed E-state index contributed by atoms with van der Waals surface area (Å²) in [4.78, 5) is 80.6. The third-order valence-corrected chi connectivity index (χ3v) is 10.6. The minimum Gasteiger partial charge on any atom is -0.505 e. The molecule has 0 heterocycles. The van der Waals surface area contributed by atoms with Crippen LogP contribution in [-0.2, 0) is 29.2 Å². The van der Waals surface area contributed by atoms with E-state index in [1.807, 2.05) is 0 Å². The van der Waals surface area contributed by atoms with Crippen LogP contribution < -0.4 is 15.8 Å². The number of anilines is 1. The lowest BCUT2D eigenvalue weighted by atomic mass is 9.49. The molecule has 2 fully saturated rings. The molecule has 3 aliphatic rings. The van der Waals surface area contributed by atoms with Gasteiger partial charge >= 0.3 is 6.03 Å². The highest BCUT2D eigenvalue weighted by Gasteiger charge is 2.72. The molecule has 0 aromatic heterocycles. The smallest absolute Gasteiger partial charge is 0.333 e. The van der Waals surface area contributed by atoms with Crippen molar-refractivity contribution < 1.29 is 52.5 Å². The fourth-order valence-corrected chi connectivity index (χ4v) is 8.04. The highest BCUT2D eigenvalue weighted by Crippen LogP contribution is 2.55. The molecule has 2 aromatic carbocycles.